The van der Waals surface area contributed by atoms with Gasteiger partial charge in [-0.25, -0.2) is 0 Å². The largest absolute Gasteiger partial charge is 0.383 e. The Bertz CT molecular complexity index is 3980. The summed E-state index contributed by atoms with van der Waals surface area (Å²) in [6.45, 7) is 14.5. The second-order valence-electron chi connectivity index (χ2n) is 24.2. The fourth-order valence-electron chi connectivity index (χ4n) is 14.3. The van der Waals surface area contributed by atoms with Crippen molar-refractivity contribution in [2.24, 2.45) is 0 Å². The smallest absolute Gasteiger partial charge is 0.270 e. The first-order valence-electron chi connectivity index (χ1n) is 28.6. The SMILES string of the molecule is COCCN1C(=CC=CC2=[N+](C)c3ccc4ccc([N+](=O)[O-])cc4c3C2(C)C)C(C)(Cc2ccc(CC3(C)C(=CC=CC4=[N+](C)c5ccc6ccc([N+](=O)[O-])cc6c5C4(C)C)N(CCOC)c4ccc([N+](=O)[O-])cc43)cc2)c2cc([N+](=O)[O-])ccc21. The summed E-state index contributed by atoms with van der Waals surface area (Å²) in [7, 11) is 7.31. The minimum atomic E-state index is -0.785. The van der Waals surface area contributed by atoms with Crippen molar-refractivity contribution in [1.82, 2.24) is 0 Å². The number of benzene rings is 7. The first-order chi connectivity index (χ1) is 40.9. The van der Waals surface area contributed by atoms with Crippen LogP contribution in [0.5, 0.6) is 0 Å². The Morgan fingerprint density at radius 3 is 1.16 bits per heavy atom. The number of nitro groups is 4. The number of fused-ring (bicyclic) bond motifs is 8. The molecule has 0 radical (unpaired) electrons. The lowest BCUT2D eigenvalue weighted by molar-refractivity contribution is -0.401. The third-order valence-corrected chi connectivity index (χ3v) is 18.4. The van der Waals surface area contributed by atoms with Gasteiger partial charge in [0.2, 0.25) is 11.4 Å². The van der Waals surface area contributed by atoms with E-state index in [1.165, 1.54) is 12.1 Å². The van der Waals surface area contributed by atoms with Gasteiger partial charge in [0.05, 0.1) is 43.7 Å². The normalized spacial score (nSPS) is 20.1. The Morgan fingerprint density at radius 2 is 0.814 bits per heavy atom. The van der Waals surface area contributed by atoms with Crippen molar-refractivity contribution >= 4 is 78.5 Å². The van der Waals surface area contributed by atoms with Crippen LogP contribution in [0.25, 0.3) is 21.5 Å². The molecule has 18 nitrogen and oxygen atoms in total. The van der Waals surface area contributed by atoms with E-state index in [4.69, 9.17) is 9.47 Å². The Morgan fingerprint density at radius 1 is 0.477 bits per heavy atom. The Balaban J connectivity index is 0.953. The summed E-state index contributed by atoms with van der Waals surface area (Å²) in [6.07, 6.45) is 13.3. The molecule has 4 aliphatic rings. The highest BCUT2D eigenvalue weighted by Gasteiger charge is 2.49. The highest BCUT2D eigenvalue weighted by Crippen LogP contribution is 2.54. The lowest BCUT2D eigenvalue weighted by Gasteiger charge is -2.31. The number of non-ortho nitro benzene ring substituents is 4. The lowest BCUT2D eigenvalue weighted by Crippen LogP contribution is -2.33. The zero-order chi connectivity index (χ0) is 61.4. The first-order valence-corrected chi connectivity index (χ1v) is 28.6. The topological polar surface area (TPSA) is 204 Å². The zero-order valence-electron chi connectivity index (χ0n) is 49.9. The van der Waals surface area contributed by atoms with Crippen LogP contribution in [0, 0.1) is 40.5 Å². The molecule has 2 atom stereocenters. The van der Waals surface area contributed by atoms with Crippen molar-refractivity contribution in [1.29, 1.82) is 0 Å². The second kappa shape index (κ2) is 21.8. The van der Waals surface area contributed by atoms with Gasteiger partial charge in [-0.15, -0.1) is 0 Å². The van der Waals surface area contributed by atoms with E-state index >= 15 is 0 Å². The maximum absolute atomic E-state index is 12.5. The summed E-state index contributed by atoms with van der Waals surface area (Å²) >= 11 is 0. The van der Waals surface area contributed by atoms with E-state index < -0.39 is 21.7 Å². The summed E-state index contributed by atoms with van der Waals surface area (Å²) in [6, 6.07) is 36.6. The Labute approximate surface area is 498 Å². The van der Waals surface area contributed by atoms with E-state index in [9.17, 15) is 40.5 Å². The van der Waals surface area contributed by atoms with Crippen LogP contribution in [0.2, 0.25) is 0 Å². The molecule has 0 aromatic heterocycles. The molecule has 0 amide bonds. The molecular weight excluding hydrogens is 1090 g/mol. The highest BCUT2D eigenvalue weighted by molar-refractivity contribution is 6.09. The van der Waals surface area contributed by atoms with Crippen LogP contribution < -0.4 is 9.80 Å². The summed E-state index contributed by atoms with van der Waals surface area (Å²) < 4.78 is 15.6. The molecule has 0 N–H and O–H groups in total. The number of rotatable bonds is 18. The molecule has 86 heavy (non-hydrogen) atoms. The number of ether oxygens (including phenoxy) is 2. The molecule has 7 aromatic carbocycles. The minimum absolute atomic E-state index is 0.0166. The number of methoxy groups -OCH3 is 2. The molecule has 0 spiro atoms. The van der Waals surface area contributed by atoms with Gasteiger partial charge in [-0.1, -0.05) is 36.4 Å². The van der Waals surface area contributed by atoms with Gasteiger partial charge in [0, 0.05) is 145 Å². The molecule has 7 aromatic rings. The van der Waals surface area contributed by atoms with Crippen LogP contribution in [0.4, 0.5) is 45.5 Å². The van der Waals surface area contributed by atoms with Crippen molar-refractivity contribution in [2.45, 2.75) is 76.0 Å². The molecule has 438 valence electrons. The maximum atomic E-state index is 12.5. The minimum Gasteiger partial charge on any atom is -0.383 e. The van der Waals surface area contributed by atoms with Gasteiger partial charge in [-0.05, 0) is 147 Å². The van der Waals surface area contributed by atoms with Gasteiger partial charge in [0.1, 0.15) is 14.1 Å². The Kier molecular flexibility index (Phi) is 14.8. The molecule has 0 bridgehead atoms. The molecule has 2 unspecified atom stereocenters. The number of anilines is 2. The van der Waals surface area contributed by atoms with Crippen LogP contribution in [0.3, 0.4) is 0 Å². The fraction of sp³-hybridized carbons (Fsp3) is 0.294. The summed E-state index contributed by atoms with van der Waals surface area (Å²) in [4.78, 5) is 51.7. The number of allylic oxidation sites excluding steroid dienone is 8. The lowest BCUT2D eigenvalue weighted by atomic mass is 9.74. The van der Waals surface area contributed by atoms with Crippen molar-refractivity contribution in [3.8, 4) is 0 Å². The van der Waals surface area contributed by atoms with Gasteiger partial charge in [-0.2, -0.15) is 9.15 Å². The third kappa shape index (κ3) is 9.62. The first kappa shape index (κ1) is 58.3. The predicted molar refractivity (Wildman–Crippen MR) is 337 cm³/mol. The van der Waals surface area contributed by atoms with Crippen molar-refractivity contribution in [2.75, 3.05) is 64.4 Å². The molecule has 18 heteroatoms. The van der Waals surface area contributed by atoms with Gasteiger partial charge >= 0.3 is 0 Å². The van der Waals surface area contributed by atoms with E-state index in [1.54, 1.807) is 62.8 Å². The van der Waals surface area contributed by atoms with Crippen LogP contribution in [-0.4, -0.2) is 94.9 Å². The average molecular weight is 1160 g/mol. The fourth-order valence-corrected chi connectivity index (χ4v) is 14.3. The van der Waals surface area contributed by atoms with Crippen LogP contribution >= 0.6 is 0 Å². The summed E-state index contributed by atoms with van der Waals surface area (Å²) in [5.74, 6) is 0. The van der Waals surface area contributed by atoms with Crippen molar-refractivity contribution < 1.29 is 38.3 Å². The number of hydrogen-bond acceptors (Lipinski definition) is 12. The zero-order valence-corrected chi connectivity index (χ0v) is 49.9. The molecule has 4 heterocycles. The van der Waals surface area contributed by atoms with E-state index in [0.29, 0.717) is 39.1 Å². The van der Waals surface area contributed by atoms with E-state index in [0.717, 1.165) is 100 Å². The maximum Gasteiger partial charge on any atom is 0.270 e. The summed E-state index contributed by atoms with van der Waals surface area (Å²) in [5.41, 5.74) is 10.4. The Hall–Kier alpha value is -9.52. The van der Waals surface area contributed by atoms with Gasteiger partial charge in [0.15, 0.2) is 11.4 Å². The predicted octanol–water partition coefficient (Wildman–Crippen LogP) is 13.9. The van der Waals surface area contributed by atoms with Crippen molar-refractivity contribution in [3.63, 3.8) is 0 Å². The second-order valence-corrected chi connectivity index (χ2v) is 24.2. The third-order valence-electron chi connectivity index (χ3n) is 18.4. The quantitative estimate of drug-likeness (QED) is 0.0447. The molecular formula is C68H68N8O10+2. The monoisotopic (exact) mass is 1160 g/mol. The van der Waals surface area contributed by atoms with Crippen molar-refractivity contribution in [3.05, 3.63) is 243 Å². The van der Waals surface area contributed by atoms with Crippen LogP contribution in [-0.2, 0) is 44.0 Å². The molecule has 0 saturated carbocycles. The highest BCUT2D eigenvalue weighted by atomic mass is 16.6. The van der Waals surface area contributed by atoms with E-state index in [2.05, 4.69) is 121 Å². The standard InChI is InChI=1S/C68H68N8O10/c1-65(2)59(69(7)57-29-23-45-21-25-47(73(77)78)37-51(45)63(57)65)13-11-15-61-67(5,53-39-49(75(81)82)27-31-55(53)71(61)33-35-85-9)41-43-17-19-44(20-18-43)42-68(6)54-40-50(76(83)84)28-32-56(54)72(34-36-86-10)62(68)16-12-14-60-66(3,4)64-52-38-48(74(79)80)26-22-46(52)24-30-58(64)70(60)8/h11-32,37-40H,33-36,41-42H2,1-10H3/q+2. The molecule has 0 fully saturated rings. The van der Waals surface area contributed by atoms with Crippen LogP contribution in [0.15, 0.2) is 169 Å². The number of nitro benzene ring substituents is 4. The molecule has 4 aliphatic heterocycles. The van der Waals surface area contributed by atoms with E-state index in [1.807, 2.05) is 50.5 Å². The molecule has 0 aliphatic carbocycles. The van der Waals surface area contributed by atoms with Gasteiger partial charge < -0.3 is 19.3 Å². The van der Waals surface area contributed by atoms with Gasteiger partial charge in [-0.3, -0.25) is 40.5 Å². The number of nitrogens with zero attached hydrogens (tertiary/aromatic N) is 8. The molecule has 11 rings (SSSR count). The van der Waals surface area contributed by atoms with Gasteiger partial charge in [0.25, 0.3) is 22.7 Å². The summed E-state index contributed by atoms with van der Waals surface area (Å²) in [5, 5.41) is 52.3. The number of hydrogen-bond donors (Lipinski definition) is 0. The van der Waals surface area contributed by atoms with E-state index in [-0.39, 0.29) is 42.4 Å². The molecule has 0 saturated heterocycles. The average Bonchev–Trinajstić information content (AvgIpc) is 1.68. The van der Waals surface area contributed by atoms with Crippen LogP contribution in [0.1, 0.15) is 74.9 Å².